The molecule has 1 N–H and O–H groups in total. The average Bonchev–Trinajstić information content (AvgIpc) is 2.91. The van der Waals surface area contributed by atoms with E-state index in [9.17, 15) is 0 Å². The van der Waals surface area contributed by atoms with E-state index in [-0.39, 0.29) is 0 Å². The highest BCUT2D eigenvalue weighted by Gasteiger charge is 2.01. The molecule has 0 atom stereocenters. The van der Waals surface area contributed by atoms with Crippen LogP contribution >= 0.6 is 11.3 Å². The van der Waals surface area contributed by atoms with Gasteiger partial charge in [0.25, 0.3) is 0 Å². The maximum absolute atomic E-state index is 4.10. The van der Waals surface area contributed by atoms with Gasteiger partial charge in [0.05, 0.1) is 23.9 Å². The van der Waals surface area contributed by atoms with Crippen molar-refractivity contribution in [3.8, 4) is 0 Å². The van der Waals surface area contributed by atoms with Gasteiger partial charge in [-0.15, -0.1) is 16.4 Å². The van der Waals surface area contributed by atoms with Crippen molar-refractivity contribution in [2.75, 3.05) is 6.54 Å². The standard InChI is InChI=1S/C10H15N5S/c1-2-3-11-4-9-6-15(14-13-9)7-10-5-12-8-16-10/h5-6,8,11H,2-4,7H2,1H3. The number of hydrogen-bond acceptors (Lipinski definition) is 5. The van der Waals surface area contributed by atoms with Gasteiger partial charge in [0.1, 0.15) is 0 Å². The first kappa shape index (κ1) is 11.2. The molecule has 0 aliphatic rings. The normalized spacial score (nSPS) is 10.8. The summed E-state index contributed by atoms with van der Waals surface area (Å²) in [6.45, 7) is 4.71. The molecule has 0 aliphatic heterocycles. The van der Waals surface area contributed by atoms with Crippen LogP contribution < -0.4 is 5.32 Å². The van der Waals surface area contributed by atoms with Gasteiger partial charge in [-0.1, -0.05) is 12.1 Å². The van der Waals surface area contributed by atoms with Gasteiger partial charge in [0.2, 0.25) is 0 Å². The molecule has 86 valence electrons. The maximum Gasteiger partial charge on any atom is 0.0964 e. The lowest BCUT2D eigenvalue weighted by atomic mass is 10.4. The van der Waals surface area contributed by atoms with E-state index in [0.717, 1.165) is 31.7 Å². The molecule has 0 aromatic carbocycles. The fourth-order valence-electron chi connectivity index (χ4n) is 1.37. The second kappa shape index (κ2) is 5.72. The van der Waals surface area contributed by atoms with Crippen LogP contribution in [0.1, 0.15) is 23.9 Å². The minimum atomic E-state index is 0.755. The molecule has 0 amide bonds. The molecule has 0 fully saturated rings. The molecule has 2 rings (SSSR count). The number of rotatable bonds is 6. The van der Waals surface area contributed by atoms with E-state index in [1.807, 2.05) is 22.6 Å². The number of nitrogens with zero attached hydrogens (tertiary/aromatic N) is 4. The van der Waals surface area contributed by atoms with Gasteiger partial charge < -0.3 is 5.32 Å². The molecule has 2 aromatic heterocycles. The predicted octanol–water partition coefficient (Wildman–Crippen LogP) is 1.28. The first-order chi connectivity index (χ1) is 7.88. The van der Waals surface area contributed by atoms with Crippen molar-refractivity contribution in [1.82, 2.24) is 25.3 Å². The number of nitrogens with one attached hydrogen (secondary N) is 1. The van der Waals surface area contributed by atoms with Crippen molar-refractivity contribution in [3.05, 3.63) is 28.5 Å². The van der Waals surface area contributed by atoms with Crippen LogP contribution in [0.4, 0.5) is 0 Å². The minimum absolute atomic E-state index is 0.755. The SMILES string of the molecule is CCCNCc1cn(Cc2cncs2)nn1. The molecule has 6 heteroatoms. The summed E-state index contributed by atoms with van der Waals surface area (Å²) in [7, 11) is 0. The minimum Gasteiger partial charge on any atom is -0.311 e. The Morgan fingerprint density at radius 3 is 3.19 bits per heavy atom. The zero-order valence-electron chi connectivity index (χ0n) is 9.26. The highest BCUT2D eigenvalue weighted by molar-refractivity contribution is 7.09. The van der Waals surface area contributed by atoms with E-state index in [2.05, 4.69) is 27.5 Å². The zero-order valence-corrected chi connectivity index (χ0v) is 10.1. The summed E-state index contributed by atoms with van der Waals surface area (Å²) in [5, 5.41) is 11.5. The van der Waals surface area contributed by atoms with Crippen LogP contribution in [-0.4, -0.2) is 26.5 Å². The largest absolute Gasteiger partial charge is 0.311 e. The van der Waals surface area contributed by atoms with E-state index in [1.54, 1.807) is 11.3 Å². The molecule has 16 heavy (non-hydrogen) atoms. The summed E-state index contributed by atoms with van der Waals surface area (Å²) >= 11 is 1.63. The first-order valence-corrected chi connectivity index (χ1v) is 6.23. The molecule has 0 unspecified atom stereocenters. The molecule has 5 nitrogen and oxygen atoms in total. The van der Waals surface area contributed by atoms with Gasteiger partial charge >= 0.3 is 0 Å². The van der Waals surface area contributed by atoms with E-state index >= 15 is 0 Å². The van der Waals surface area contributed by atoms with Gasteiger partial charge in [-0.2, -0.15) is 0 Å². The molecule has 0 aliphatic carbocycles. The highest BCUT2D eigenvalue weighted by Crippen LogP contribution is 2.07. The fraction of sp³-hybridized carbons (Fsp3) is 0.500. The summed E-state index contributed by atoms with van der Waals surface area (Å²) in [5.41, 5.74) is 2.81. The molecule has 0 bridgehead atoms. The van der Waals surface area contributed by atoms with E-state index in [4.69, 9.17) is 0 Å². The Balaban J connectivity index is 1.87. The molecule has 0 saturated heterocycles. The third-order valence-corrected chi connectivity index (χ3v) is 2.88. The van der Waals surface area contributed by atoms with Gasteiger partial charge in [-0.25, -0.2) is 4.68 Å². The molecule has 0 spiro atoms. The highest BCUT2D eigenvalue weighted by atomic mass is 32.1. The van der Waals surface area contributed by atoms with Crippen LogP contribution in [0.15, 0.2) is 17.9 Å². The number of thiazole rings is 1. The van der Waals surface area contributed by atoms with Gasteiger partial charge in [-0.05, 0) is 13.0 Å². The van der Waals surface area contributed by atoms with Gasteiger partial charge in [0, 0.05) is 17.6 Å². The Morgan fingerprint density at radius 1 is 1.50 bits per heavy atom. The van der Waals surface area contributed by atoms with Crippen LogP contribution in [0.5, 0.6) is 0 Å². The zero-order chi connectivity index (χ0) is 11.2. The Hall–Kier alpha value is -1.27. The van der Waals surface area contributed by atoms with Gasteiger partial charge in [-0.3, -0.25) is 4.98 Å². The van der Waals surface area contributed by atoms with Crippen molar-refractivity contribution in [1.29, 1.82) is 0 Å². The van der Waals surface area contributed by atoms with E-state index < -0.39 is 0 Å². The first-order valence-electron chi connectivity index (χ1n) is 5.35. The molecule has 2 heterocycles. The smallest absolute Gasteiger partial charge is 0.0964 e. The van der Waals surface area contributed by atoms with E-state index in [0.29, 0.717) is 0 Å². The van der Waals surface area contributed by atoms with Gasteiger partial charge in [0.15, 0.2) is 0 Å². The Morgan fingerprint density at radius 2 is 2.44 bits per heavy atom. The summed E-state index contributed by atoms with van der Waals surface area (Å²) in [6, 6.07) is 0. The van der Waals surface area contributed by atoms with Crippen LogP contribution in [0.2, 0.25) is 0 Å². The molecular weight excluding hydrogens is 222 g/mol. The maximum atomic E-state index is 4.10. The van der Waals surface area contributed by atoms with Crippen molar-refractivity contribution in [2.24, 2.45) is 0 Å². The quantitative estimate of drug-likeness (QED) is 0.769. The van der Waals surface area contributed by atoms with Crippen molar-refractivity contribution in [3.63, 3.8) is 0 Å². The van der Waals surface area contributed by atoms with Crippen LogP contribution in [0, 0.1) is 0 Å². The van der Waals surface area contributed by atoms with E-state index in [1.165, 1.54) is 4.88 Å². The summed E-state index contributed by atoms with van der Waals surface area (Å²) in [6.07, 6.45) is 4.97. The summed E-state index contributed by atoms with van der Waals surface area (Å²) in [5.74, 6) is 0. The molecule has 0 saturated carbocycles. The second-order valence-electron chi connectivity index (χ2n) is 3.55. The Bertz CT molecular complexity index is 409. The topological polar surface area (TPSA) is 55.6 Å². The number of hydrogen-bond donors (Lipinski definition) is 1. The van der Waals surface area contributed by atoms with Crippen LogP contribution in [0.3, 0.4) is 0 Å². The monoisotopic (exact) mass is 237 g/mol. The van der Waals surface area contributed by atoms with Crippen molar-refractivity contribution in [2.45, 2.75) is 26.4 Å². The lowest BCUT2D eigenvalue weighted by Gasteiger charge is -1.97. The molecule has 2 aromatic rings. The molecular formula is C10H15N5S. The fourth-order valence-corrected chi connectivity index (χ4v) is 1.96. The van der Waals surface area contributed by atoms with Crippen LogP contribution in [0.25, 0.3) is 0 Å². The summed E-state index contributed by atoms with van der Waals surface area (Å²) < 4.78 is 1.84. The Kier molecular flexibility index (Phi) is 4.01. The third-order valence-electron chi connectivity index (χ3n) is 2.12. The number of aromatic nitrogens is 4. The predicted molar refractivity (Wildman–Crippen MR) is 63.2 cm³/mol. The lowest BCUT2D eigenvalue weighted by molar-refractivity contribution is 0.649. The van der Waals surface area contributed by atoms with Crippen molar-refractivity contribution < 1.29 is 0 Å². The average molecular weight is 237 g/mol. The third kappa shape index (κ3) is 3.11. The second-order valence-corrected chi connectivity index (χ2v) is 4.52. The lowest BCUT2D eigenvalue weighted by Crippen LogP contribution is -2.13. The Labute approximate surface area is 98.5 Å². The summed E-state index contributed by atoms with van der Waals surface area (Å²) in [4.78, 5) is 5.22. The van der Waals surface area contributed by atoms with Crippen molar-refractivity contribution >= 4 is 11.3 Å². The van der Waals surface area contributed by atoms with Crippen LogP contribution in [-0.2, 0) is 13.1 Å². The molecule has 0 radical (unpaired) electrons.